The third-order valence-corrected chi connectivity index (χ3v) is 6.61. The summed E-state index contributed by atoms with van der Waals surface area (Å²) in [5.41, 5.74) is 4.42. The average Bonchev–Trinajstić information content (AvgIpc) is 2.84. The predicted octanol–water partition coefficient (Wildman–Crippen LogP) is 4.70. The summed E-state index contributed by atoms with van der Waals surface area (Å²) in [5.74, 6) is 1.33. The Kier molecular flexibility index (Phi) is 9.12. The quantitative estimate of drug-likeness (QED) is 0.394. The number of nitrogens with zero attached hydrogens (tertiary/aromatic N) is 2. The molecule has 188 valence electrons. The van der Waals surface area contributed by atoms with Gasteiger partial charge in [-0.3, -0.25) is 4.79 Å². The Morgan fingerprint density at radius 1 is 1.03 bits per heavy atom. The van der Waals surface area contributed by atoms with E-state index in [0.717, 1.165) is 47.4 Å². The molecule has 2 N–H and O–H groups in total. The van der Waals surface area contributed by atoms with Crippen LogP contribution in [0.25, 0.3) is 10.9 Å². The zero-order valence-corrected chi connectivity index (χ0v) is 22.3. The normalized spacial score (nSPS) is 11.1. The minimum Gasteiger partial charge on any atom is -0.497 e. The highest BCUT2D eigenvalue weighted by atomic mass is 32.1. The Labute approximate surface area is 213 Å². The number of ether oxygens (including phenoxy) is 2. The van der Waals surface area contributed by atoms with E-state index in [-0.39, 0.29) is 5.56 Å². The molecule has 2 aromatic carbocycles. The number of hydrogen-bond acceptors (Lipinski definition) is 5. The standard InChI is InChI=1S/C27H36N4O3S/c1-7-30(8-2)11-12-31(27(35)28-23-10-9-22(33-5)16-24(23)34-6)17-21-15-20-14-18(3)13-19(4)25(20)29-26(21)32/h9-10,13-16H,7-8,11-12,17H2,1-6H3,(H,28,35)(H,29,32). The lowest BCUT2D eigenvalue weighted by atomic mass is 10.1. The molecule has 8 heteroatoms. The fourth-order valence-electron chi connectivity index (χ4n) is 4.21. The van der Waals surface area contributed by atoms with E-state index in [1.807, 2.05) is 36.1 Å². The Bertz CT molecular complexity index is 1240. The number of H-pyrrole nitrogens is 1. The van der Waals surface area contributed by atoms with Crippen molar-refractivity contribution in [3.05, 3.63) is 63.4 Å². The van der Waals surface area contributed by atoms with E-state index in [1.165, 1.54) is 0 Å². The second-order valence-electron chi connectivity index (χ2n) is 8.61. The molecule has 0 unspecified atom stereocenters. The van der Waals surface area contributed by atoms with E-state index < -0.39 is 0 Å². The van der Waals surface area contributed by atoms with Gasteiger partial charge in [0, 0.05) is 24.7 Å². The van der Waals surface area contributed by atoms with Gasteiger partial charge < -0.3 is 29.6 Å². The number of benzene rings is 2. The van der Waals surface area contributed by atoms with Crippen LogP contribution in [0.4, 0.5) is 5.69 Å². The van der Waals surface area contributed by atoms with Crippen LogP contribution in [0.5, 0.6) is 11.5 Å². The molecule has 0 aliphatic carbocycles. The van der Waals surface area contributed by atoms with Gasteiger partial charge in [0.25, 0.3) is 5.56 Å². The molecule has 0 amide bonds. The molecule has 3 aromatic rings. The third-order valence-electron chi connectivity index (χ3n) is 6.25. The topological polar surface area (TPSA) is 69.8 Å². The molecule has 0 saturated heterocycles. The first-order valence-electron chi connectivity index (χ1n) is 11.9. The first kappa shape index (κ1) is 26.5. The van der Waals surface area contributed by atoms with Crippen molar-refractivity contribution < 1.29 is 9.47 Å². The van der Waals surface area contributed by atoms with E-state index in [2.05, 4.69) is 48.1 Å². The van der Waals surface area contributed by atoms with Crippen molar-refractivity contribution in [3.8, 4) is 11.5 Å². The second-order valence-corrected chi connectivity index (χ2v) is 9.00. The number of methoxy groups -OCH3 is 2. The number of hydrogen-bond donors (Lipinski definition) is 2. The van der Waals surface area contributed by atoms with Gasteiger partial charge in [0.15, 0.2) is 5.11 Å². The van der Waals surface area contributed by atoms with Gasteiger partial charge in [-0.25, -0.2) is 0 Å². The van der Waals surface area contributed by atoms with Crippen molar-refractivity contribution in [2.75, 3.05) is 45.7 Å². The van der Waals surface area contributed by atoms with E-state index in [0.29, 0.717) is 35.3 Å². The van der Waals surface area contributed by atoms with Gasteiger partial charge in [0.1, 0.15) is 11.5 Å². The van der Waals surface area contributed by atoms with Crippen molar-refractivity contribution in [1.29, 1.82) is 0 Å². The van der Waals surface area contributed by atoms with Crippen LogP contribution < -0.4 is 20.3 Å². The van der Waals surface area contributed by atoms with Crippen molar-refractivity contribution in [2.24, 2.45) is 0 Å². The Balaban J connectivity index is 1.92. The highest BCUT2D eigenvalue weighted by Gasteiger charge is 2.17. The van der Waals surface area contributed by atoms with Crippen molar-refractivity contribution in [3.63, 3.8) is 0 Å². The first-order valence-corrected chi connectivity index (χ1v) is 12.3. The van der Waals surface area contributed by atoms with E-state index in [1.54, 1.807) is 14.2 Å². The lowest BCUT2D eigenvalue weighted by Crippen LogP contribution is -2.41. The molecule has 1 heterocycles. The third kappa shape index (κ3) is 6.52. The smallest absolute Gasteiger partial charge is 0.253 e. The van der Waals surface area contributed by atoms with Crippen LogP contribution in [-0.4, -0.2) is 60.3 Å². The van der Waals surface area contributed by atoms with Gasteiger partial charge in [-0.15, -0.1) is 0 Å². The molecule has 0 radical (unpaired) electrons. The first-order chi connectivity index (χ1) is 16.8. The van der Waals surface area contributed by atoms with Crippen LogP contribution in [0.1, 0.15) is 30.5 Å². The van der Waals surface area contributed by atoms with E-state index >= 15 is 0 Å². The Hall–Kier alpha value is -3.10. The van der Waals surface area contributed by atoms with Gasteiger partial charge in [-0.1, -0.05) is 25.5 Å². The fourth-order valence-corrected chi connectivity index (χ4v) is 4.47. The number of pyridine rings is 1. The van der Waals surface area contributed by atoms with Crippen LogP contribution in [0.3, 0.4) is 0 Å². The van der Waals surface area contributed by atoms with Crippen LogP contribution in [0, 0.1) is 13.8 Å². The monoisotopic (exact) mass is 496 g/mol. The summed E-state index contributed by atoms with van der Waals surface area (Å²) in [6.45, 7) is 12.2. The molecule has 7 nitrogen and oxygen atoms in total. The van der Waals surface area contributed by atoms with Crippen molar-refractivity contribution >= 4 is 33.9 Å². The predicted molar refractivity (Wildman–Crippen MR) is 148 cm³/mol. The van der Waals surface area contributed by atoms with Gasteiger partial charge >= 0.3 is 0 Å². The maximum Gasteiger partial charge on any atom is 0.253 e. The molecule has 0 atom stereocenters. The van der Waals surface area contributed by atoms with Gasteiger partial charge in [0.2, 0.25) is 0 Å². The van der Waals surface area contributed by atoms with Crippen LogP contribution in [0.15, 0.2) is 41.2 Å². The molecular formula is C27H36N4O3S. The average molecular weight is 497 g/mol. The zero-order valence-electron chi connectivity index (χ0n) is 21.5. The largest absolute Gasteiger partial charge is 0.497 e. The number of aromatic nitrogens is 1. The fraction of sp³-hybridized carbons (Fsp3) is 0.407. The number of likely N-dealkylation sites (N-methyl/N-ethyl adjacent to an activating group) is 1. The lowest BCUT2D eigenvalue weighted by molar-refractivity contribution is 0.266. The van der Waals surface area contributed by atoms with Crippen LogP contribution >= 0.6 is 12.2 Å². The lowest BCUT2D eigenvalue weighted by Gasteiger charge is -2.29. The summed E-state index contributed by atoms with van der Waals surface area (Å²) in [4.78, 5) is 20.5. The number of fused-ring (bicyclic) bond motifs is 1. The molecule has 0 aliphatic rings. The molecule has 0 fully saturated rings. The van der Waals surface area contributed by atoms with E-state index in [9.17, 15) is 4.79 Å². The molecule has 0 spiro atoms. The number of aromatic amines is 1. The number of thiocarbonyl (C=S) groups is 1. The minimum atomic E-state index is -0.0953. The SMILES string of the molecule is CCN(CC)CCN(Cc1cc2cc(C)cc(C)c2[nH]c1=O)C(=S)Nc1ccc(OC)cc1OC. The maximum absolute atomic E-state index is 13.0. The molecule has 3 rings (SSSR count). The molecule has 35 heavy (non-hydrogen) atoms. The zero-order chi connectivity index (χ0) is 25.5. The second kappa shape index (κ2) is 12.0. The highest BCUT2D eigenvalue weighted by molar-refractivity contribution is 7.80. The number of rotatable bonds is 10. The van der Waals surface area contributed by atoms with Crippen molar-refractivity contribution in [2.45, 2.75) is 34.2 Å². The number of anilines is 1. The summed E-state index contributed by atoms with van der Waals surface area (Å²) >= 11 is 5.83. The number of nitrogens with one attached hydrogen (secondary N) is 2. The highest BCUT2D eigenvalue weighted by Crippen LogP contribution is 2.29. The Morgan fingerprint density at radius 2 is 1.77 bits per heavy atom. The maximum atomic E-state index is 13.0. The van der Waals surface area contributed by atoms with Gasteiger partial charge in [-0.2, -0.15) is 0 Å². The van der Waals surface area contributed by atoms with Crippen molar-refractivity contribution in [1.82, 2.24) is 14.8 Å². The summed E-state index contributed by atoms with van der Waals surface area (Å²) < 4.78 is 10.8. The van der Waals surface area contributed by atoms with Gasteiger partial charge in [0.05, 0.1) is 32.0 Å². The Morgan fingerprint density at radius 3 is 2.43 bits per heavy atom. The summed E-state index contributed by atoms with van der Waals surface area (Å²) in [6, 6.07) is 11.7. The van der Waals surface area contributed by atoms with E-state index in [4.69, 9.17) is 21.7 Å². The molecule has 0 aliphatic heterocycles. The summed E-state index contributed by atoms with van der Waals surface area (Å²) in [5, 5.41) is 4.87. The van der Waals surface area contributed by atoms with Gasteiger partial charge in [-0.05, 0) is 74.4 Å². The molecule has 0 bridgehead atoms. The minimum absolute atomic E-state index is 0.0953. The summed E-state index contributed by atoms with van der Waals surface area (Å²) in [6.07, 6.45) is 0. The number of aryl methyl sites for hydroxylation is 2. The summed E-state index contributed by atoms with van der Waals surface area (Å²) in [7, 11) is 3.23. The van der Waals surface area contributed by atoms with Crippen LogP contribution in [-0.2, 0) is 6.54 Å². The molecule has 0 saturated carbocycles. The molecular weight excluding hydrogens is 460 g/mol. The van der Waals surface area contributed by atoms with Crippen LogP contribution in [0.2, 0.25) is 0 Å². The molecule has 1 aromatic heterocycles.